The minimum atomic E-state index is -1.39. The van der Waals surface area contributed by atoms with E-state index in [1.807, 2.05) is 56.3 Å². The number of nitrogens with two attached hydrogens (primary N) is 1. The molecule has 42 heavy (non-hydrogen) atoms. The van der Waals surface area contributed by atoms with E-state index in [4.69, 9.17) is 10.8 Å². The first-order valence-electron chi connectivity index (χ1n) is 13.9. The van der Waals surface area contributed by atoms with Gasteiger partial charge in [0.15, 0.2) is 0 Å². The molecule has 0 aliphatic carbocycles. The molecule has 0 saturated heterocycles. The first-order valence-corrected chi connectivity index (χ1v) is 13.9. The molecule has 0 bridgehead atoms. The molecule has 2 rings (SSSR count). The van der Waals surface area contributed by atoms with Crippen molar-refractivity contribution in [3.8, 4) is 0 Å². The van der Waals surface area contributed by atoms with Crippen LogP contribution >= 0.6 is 0 Å². The molecule has 4 atom stereocenters. The molecule has 6 N–H and O–H groups in total. The molecule has 0 fully saturated rings. The Hall–Kier alpha value is -4.48. The number of amides is 5. The van der Waals surface area contributed by atoms with Gasteiger partial charge in [0, 0.05) is 13.5 Å². The van der Waals surface area contributed by atoms with E-state index in [-0.39, 0.29) is 18.8 Å². The summed E-state index contributed by atoms with van der Waals surface area (Å²) >= 11 is 0. The van der Waals surface area contributed by atoms with E-state index >= 15 is 0 Å². The monoisotopic (exact) mass is 583 g/mol. The van der Waals surface area contributed by atoms with Crippen molar-refractivity contribution in [2.24, 2.45) is 17.6 Å². The van der Waals surface area contributed by atoms with Crippen LogP contribution in [0.2, 0.25) is 0 Å². The van der Waals surface area contributed by atoms with Gasteiger partial charge in [-0.1, -0.05) is 76.6 Å². The molecule has 2 aromatic carbocycles. The van der Waals surface area contributed by atoms with Crippen LogP contribution in [-0.4, -0.2) is 77.2 Å². The van der Waals surface area contributed by atoms with Gasteiger partial charge >= 0.3 is 6.09 Å². The number of fused-ring (bicyclic) bond motifs is 1. The number of ketones is 1. The average Bonchev–Trinajstić information content (AvgIpc) is 2.93. The molecular weight excluding hydrogens is 542 g/mol. The van der Waals surface area contributed by atoms with E-state index in [0.717, 1.165) is 21.2 Å². The van der Waals surface area contributed by atoms with E-state index in [1.54, 1.807) is 13.8 Å². The number of rotatable bonds is 15. The van der Waals surface area contributed by atoms with Crippen molar-refractivity contribution in [3.05, 3.63) is 48.0 Å². The van der Waals surface area contributed by atoms with Gasteiger partial charge in [0.2, 0.25) is 23.5 Å². The molecule has 0 aromatic heterocycles. The van der Waals surface area contributed by atoms with E-state index in [1.165, 1.54) is 7.05 Å². The minimum Gasteiger partial charge on any atom is -0.465 e. The molecule has 0 spiro atoms. The predicted molar refractivity (Wildman–Crippen MR) is 157 cm³/mol. The van der Waals surface area contributed by atoms with Crippen molar-refractivity contribution in [1.82, 2.24) is 20.9 Å². The fraction of sp³-hybridized carbons (Fsp3) is 0.467. The Labute approximate surface area is 245 Å². The first kappa shape index (κ1) is 33.7. The lowest BCUT2D eigenvalue weighted by molar-refractivity contribution is -0.147. The average molecular weight is 584 g/mol. The highest BCUT2D eigenvalue weighted by molar-refractivity contribution is 6.38. The molecule has 2 unspecified atom stereocenters. The standard InChI is InChI=1S/C30H41N5O7/c1-6-18(4)25(34-28(39)23(13-17(2)3)33-30(41)42)26(37)29(40)35(5)16-24(36)32-22(27(31)38)15-19-11-12-20-9-7-8-10-21(20)14-19/h7-12,14,17-18,22-23,25,33H,6,13,15-16H2,1-5H3,(H2,31,38)(H,32,36)(H,34,39)(H,41,42)/t18-,22?,23-,25?/m0/s1. The third-order valence-corrected chi connectivity index (χ3v) is 6.99. The number of nitrogens with one attached hydrogen (secondary N) is 3. The summed E-state index contributed by atoms with van der Waals surface area (Å²) < 4.78 is 0. The van der Waals surface area contributed by atoms with Gasteiger partial charge in [-0.25, -0.2) is 4.79 Å². The minimum absolute atomic E-state index is 0.0258. The number of benzene rings is 2. The van der Waals surface area contributed by atoms with E-state index in [9.17, 15) is 28.8 Å². The number of nitrogens with zero attached hydrogens (tertiary/aromatic N) is 1. The van der Waals surface area contributed by atoms with Gasteiger partial charge in [0.05, 0.1) is 12.6 Å². The summed E-state index contributed by atoms with van der Waals surface area (Å²) in [5, 5.41) is 18.3. The Bertz CT molecular complexity index is 1310. The molecule has 0 aliphatic heterocycles. The summed E-state index contributed by atoms with van der Waals surface area (Å²) in [7, 11) is 1.26. The molecule has 12 heteroatoms. The number of carbonyl (C=O) groups excluding carboxylic acids is 5. The Balaban J connectivity index is 2.08. The second-order valence-corrected chi connectivity index (χ2v) is 10.9. The highest BCUT2D eigenvalue weighted by Gasteiger charge is 2.35. The predicted octanol–water partition coefficient (Wildman–Crippen LogP) is 1.59. The second-order valence-electron chi connectivity index (χ2n) is 10.9. The maximum Gasteiger partial charge on any atom is 0.405 e. The van der Waals surface area contributed by atoms with Crippen LogP contribution < -0.4 is 21.7 Å². The number of Topliss-reactive ketones (excluding diaryl/α,β-unsaturated/α-hetero) is 1. The van der Waals surface area contributed by atoms with Crippen LogP contribution in [0.5, 0.6) is 0 Å². The topological polar surface area (TPSA) is 188 Å². The number of primary amides is 1. The van der Waals surface area contributed by atoms with Crippen molar-refractivity contribution >= 4 is 46.3 Å². The zero-order valence-electron chi connectivity index (χ0n) is 24.7. The number of hydrogen-bond acceptors (Lipinski definition) is 6. The summed E-state index contributed by atoms with van der Waals surface area (Å²) in [6.45, 7) is 6.54. The second kappa shape index (κ2) is 15.5. The SMILES string of the molecule is CC[C@H](C)C(NC(=O)[C@H](CC(C)C)NC(=O)O)C(=O)C(=O)N(C)CC(=O)NC(Cc1ccc2ccccc2c1)C(N)=O. The Morgan fingerprint density at radius 2 is 1.55 bits per heavy atom. The molecule has 0 heterocycles. The van der Waals surface area contributed by atoms with E-state index in [2.05, 4.69) is 16.0 Å². The van der Waals surface area contributed by atoms with Crippen molar-refractivity contribution < 1.29 is 33.9 Å². The lowest BCUT2D eigenvalue weighted by Crippen LogP contribution is -2.56. The molecule has 12 nitrogen and oxygen atoms in total. The molecule has 0 radical (unpaired) electrons. The van der Waals surface area contributed by atoms with Gasteiger partial charge < -0.3 is 31.7 Å². The first-order chi connectivity index (χ1) is 19.7. The third kappa shape index (κ3) is 9.86. The molecule has 5 amide bonds. The van der Waals surface area contributed by atoms with Crippen molar-refractivity contribution in [3.63, 3.8) is 0 Å². The number of carbonyl (C=O) groups is 6. The number of carboxylic acid groups (broad SMARTS) is 1. The van der Waals surface area contributed by atoms with Crippen molar-refractivity contribution in [2.45, 2.75) is 65.1 Å². The third-order valence-electron chi connectivity index (χ3n) is 6.99. The Morgan fingerprint density at radius 3 is 2.12 bits per heavy atom. The highest BCUT2D eigenvalue weighted by Crippen LogP contribution is 2.17. The van der Waals surface area contributed by atoms with Gasteiger partial charge in [-0.2, -0.15) is 0 Å². The zero-order valence-corrected chi connectivity index (χ0v) is 24.7. The maximum absolute atomic E-state index is 13.2. The van der Waals surface area contributed by atoms with Gasteiger partial charge in [-0.3, -0.25) is 24.0 Å². The van der Waals surface area contributed by atoms with Crippen LogP contribution in [0.3, 0.4) is 0 Å². The van der Waals surface area contributed by atoms with Crippen LogP contribution in [0.1, 0.15) is 46.1 Å². The Morgan fingerprint density at radius 1 is 0.905 bits per heavy atom. The Kier molecular flexibility index (Phi) is 12.4. The summed E-state index contributed by atoms with van der Waals surface area (Å²) in [5.74, 6) is -4.64. The fourth-order valence-electron chi connectivity index (χ4n) is 4.48. The van der Waals surface area contributed by atoms with E-state index < -0.39 is 66.1 Å². The van der Waals surface area contributed by atoms with Crippen LogP contribution in [0.25, 0.3) is 10.8 Å². The lowest BCUT2D eigenvalue weighted by atomic mass is 9.93. The van der Waals surface area contributed by atoms with Gasteiger partial charge in [0.1, 0.15) is 12.1 Å². The summed E-state index contributed by atoms with van der Waals surface area (Å²) in [6.07, 6.45) is -0.635. The van der Waals surface area contributed by atoms with Gasteiger partial charge in [-0.15, -0.1) is 0 Å². The lowest BCUT2D eigenvalue weighted by Gasteiger charge is -2.27. The molecule has 2 aromatic rings. The number of hydrogen-bond donors (Lipinski definition) is 5. The number of likely N-dealkylation sites (N-methyl/N-ethyl adjacent to an activating group) is 1. The molecule has 0 saturated carbocycles. The summed E-state index contributed by atoms with van der Waals surface area (Å²) in [4.78, 5) is 76.1. The largest absolute Gasteiger partial charge is 0.465 e. The van der Waals surface area contributed by atoms with E-state index in [0.29, 0.717) is 6.42 Å². The zero-order chi connectivity index (χ0) is 31.6. The summed E-state index contributed by atoms with van der Waals surface area (Å²) in [5.41, 5.74) is 6.31. The molecule has 0 aliphatic rings. The molecular formula is C30H41N5O7. The van der Waals surface area contributed by atoms with Crippen LogP contribution in [0, 0.1) is 11.8 Å². The summed E-state index contributed by atoms with van der Waals surface area (Å²) in [6, 6.07) is 9.91. The quantitative estimate of drug-likeness (QED) is 0.197. The van der Waals surface area contributed by atoms with Crippen LogP contribution in [0.15, 0.2) is 42.5 Å². The molecule has 228 valence electrons. The van der Waals surface area contributed by atoms with Crippen LogP contribution in [-0.2, 0) is 30.4 Å². The van der Waals surface area contributed by atoms with Crippen LogP contribution in [0.4, 0.5) is 4.79 Å². The highest BCUT2D eigenvalue weighted by atomic mass is 16.4. The van der Waals surface area contributed by atoms with Gasteiger partial charge in [0.25, 0.3) is 5.91 Å². The normalized spacial score (nSPS) is 13.9. The fourth-order valence-corrected chi connectivity index (χ4v) is 4.48. The maximum atomic E-state index is 13.2. The van der Waals surface area contributed by atoms with Gasteiger partial charge in [-0.05, 0) is 34.6 Å². The van der Waals surface area contributed by atoms with Crippen molar-refractivity contribution in [1.29, 1.82) is 0 Å². The smallest absolute Gasteiger partial charge is 0.405 e. The van der Waals surface area contributed by atoms with Crippen molar-refractivity contribution in [2.75, 3.05) is 13.6 Å².